The molecule has 6 atom stereocenters. The normalized spacial score (nSPS) is 30.0. The number of unbranched alkanes of at least 4 members (excludes halogenated alkanes) is 1. The van der Waals surface area contributed by atoms with E-state index in [1.165, 1.54) is 0 Å². The Labute approximate surface area is 232 Å². The number of hydrogen-bond acceptors (Lipinski definition) is 6. The monoisotopic (exact) mass is 543 g/mol. The lowest BCUT2D eigenvalue weighted by molar-refractivity contribution is -0.150. The molecule has 1 aromatic rings. The quantitative estimate of drug-likeness (QED) is 0.328. The first kappa shape index (κ1) is 29.3. The smallest absolute Gasteiger partial charge is 0.245 e. The van der Waals surface area contributed by atoms with Gasteiger partial charge < -0.3 is 30.1 Å². The summed E-state index contributed by atoms with van der Waals surface area (Å²) in [4.78, 5) is 43.6. The minimum Gasteiger partial charge on any atom is -0.494 e. The first-order chi connectivity index (χ1) is 18.7. The number of carbonyl (C=O) groups is 3. The fraction of sp³-hybridized carbons (Fsp3) is 0.700. The molecule has 3 saturated heterocycles. The minimum atomic E-state index is -1.10. The SMILES string of the molecule is CCCCNC(=O)C1N([C@@H](CO)CC(C)C)C(=O)[C@@H]2[C@@H](C(=O)Nc3ccc(OCC)cc3)[C@@]3(CC)CCC12O3. The molecule has 3 aliphatic heterocycles. The predicted octanol–water partition coefficient (Wildman–Crippen LogP) is 3.50. The Balaban J connectivity index is 1.70. The lowest BCUT2D eigenvalue weighted by atomic mass is 9.65. The van der Waals surface area contributed by atoms with Crippen molar-refractivity contribution >= 4 is 23.4 Å². The third kappa shape index (κ3) is 5.15. The van der Waals surface area contributed by atoms with Crippen molar-refractivity contribution in [2.24, 2.45) is 17.8 Å². The second-order valence-corrected chi connectivity index (χ2v) is 11.6. The van der Waals surface area contributed by atoms with Crippen molar-refractivity contribution in [1.82, 2.24) is 10.2 Å². The van der Waals surface area contributed by atoms with E-state index in [2.05, 4.69) is 17.6 Å². The summed E-state index contributed by atoms with van der Waals surface area (Å²) in [7, 11) is 0. The van der Waals surface area contributed by atoms with Crippen LogP contribution < -0.4 is 15.4 Å². The molecule has 216 valence electrons. The van der Waals surface area contributed by atoms with Gasteiger partial charge in [-0.1, -0.05) is 34.1 Å². The Hall–Kier alpha value is -2.65. The molecule has 2 bridgehead atoms. The summed E-state index contributed by atoms with van der Waals surface area (Å²) in [6.45, 7) is 10.8. The van der Waals surface area contributed by atoms with Crippen LogP contribution in [0.1, 0.15) is 73.1 Å². The van der Waals surface area contributed by atoms with Gasteiger partial charge in [0.1, 0.15) is 17.4 Å². The number of anilines is 1. The van der Waals surface area contributed by atoms with Gasteiger partial charge in [-0.25, -0.2) is 0 Å². The Morgan fingerprint density at radius 3 is 2.46 bits per heavy atom. The van der Waals surface area contributed by atoms with E-state index >= 15 is 0 Å². The van der Waals surface area contributed by atoms with Gasteiger partial charge in [-0.05, 0) is 69.2 Å². The molecule has 1 aromatic carbocycles. The topological polar surface area (TPSA) is 117 Å². The number of nitrogens with one attached hydrogen (secondary N) is 2. The van der Waals surface area contributed by atoms with Gasteiger partial charge in [-0.15, -0.1) is 0 Å². The average molecular weight is 544 g/mol. The van der Waals surface area contributed by atoms with Crippen LogP contribution in [-0.2, 0) is 19.1 Å². The van der Waals surface area contributed by atoms with Crippen LogP contribution in [-0.4, -0.2) is 70.8 Å². The number of rotatable bonds is 13. The van der Waals surface area contributed by atoms with Crippen LogP contribution in [0.4, 0.5) is 5.69 Å². The summed E-state index contributed by atoms with van der Waals surface area (Å²) in [6.07, 6.45) is 3.97. The van der Waals surface area contributed by atoms with Crippen LogP contribution in [0.15, 0.2) is 24.3 Å². The van der Waals surface area contributed by atoms with Crippen molar-refractivity contribution < 1.29 is 29.0 Å². The van der Waals surface area contributed by atoms with Gasteiger partial charge in [-0.3, -0.25) is 14.4 Å². The van der Waals surface area contributed by atoms with Crippen LogP contribution in [0.2, 0.25) is 0 Å². The molecule has 0 saturated carbocycles. The highest BCUT2D eigenvalue weighted by molar-refractivity contribution is 6.02. The van der Waals surface area contributed by atoms with Crippen LogP contribution in [0.5, 0.6) is 5.75 Å². The molecule has 9 heteroatoms. The number of ether oxygens (including phenoxy) is 2. The Morgan fingerprint density at radius 1 is 1.15 bits per heavy atom. The van der Waals surface area contributed by atoms with Crippen molar-refractivity contribution in [1.29, 1.82) is 0 Å². The third-order valence-electron chi connectivity index (χ3n) is 8.76. The fourth-order valence-corrected chi connectivity index (χ4v) is 7.07. The van der Waals surface area contributed by atoms with Crippen LogP contribution >= 0.6 is 0 Å². The lowest BCUT2D eigenvalue weighted by Crippen LogP contribution is -2.58. The molecule has 2 unspecified atom stereocenters. The summed E-state index contributed by atoms with van der Waals surface area (Å²) in [5.74, 6) is -1.44. The molecule has 0 aliphatic carbocycles. The first-order valence-electron chi connectivity index (χ1n) is 14.6. The molecule has 9 nitrogen and oxygen atoms in total. The maximum absolute atomic E-state index is 14.3. The summed E-state index contributed by atoms with van der Waals surface area (Å²) in [5.41, 5.74) is -1.32. The van der Waals surface area contributed by atoms with Crippen molar-refractivity contribution in [2.75, 3.05) is 25.1 Å². The molecular weight excluding hydrogens is 498 g/mol. The van der Waals surface area contributed by atoms with E-state index < -0.39 is 35.1 Å². The second kappa shape index (κ2) is 11.8. The first-order valence-corrected chi connectivity index (χ1v) is 14.6. The summed E-state index contributed by atoms with van der Waals surface area (Å²) in [5, 5.41) is 16.4. The molecule has 3 heterocycles. The average Bonchev–Trinajstić information content (AvgIpc) is 3.52. The molecule has 4 rings (SSSR count). The van der Waals surface area contributed by atoms with E-state index in [4.69, 9.17) is 9.47 Å². The minimum absolute atomic E-state index is 0.203. The zero-order valence-electron chi connectivity index (χ0n) is 24.0. The Bertz CT molecular complexity index is 1050. The van der Waals surface area contributed by atoms with Gasteiger partial charge in [0, 0.05) is 12.2 Å². The van der Waals surface area contributed by atoms with Crippen molar-refractivity contribution in [2.45, 2.75) is 96.4 Å². The summed E-state index contributed by atoms with van der Waals surface area (Å²) >= 11 is 0. The van der Waals surface area contributed by atoms with Gasteiger partial charge in [0.05, 0.1) is 36.7 Å². The summed E-state index contributed by atoms with van der Waals surface area (Å²) in [6, 6.07) is 5.73. The summed E-state index contributed by atoms with van der Waals surface area (Å²) < 4.78 is 12.3. The molecule has 0 aromatic heterocycles. The number of likely N-dealkylation sites (tertiary alicyclic amines) is 1. The highest BCUT2D eigenvalue weighted by atomic mass is 16.5. The van der Waals surface area contributed by atoms with Gasteiger partial charge in [0.2, 0.25) is 17.7 Å². The fourth-order valence-electron chi connectivity index (χ4n) is 7.07. The number of hydrogen-bond donors (Lipinski definition) is 3. The molecule has 3 fully saturated rings. The maximum Gasteiger partial charge on any atom is 0.245 e. The highest BCUT2D eigenvalue weighted by Gasteiger charge is 2.79. The molecule has 1 spiro atoms. The van der Waals surface area contributed by atoms with Crippen molar-refractivity contribution in [3.05, 3.63) is 24.3 Å². The van der Waals surface area contributed by atoms with Crippen molar-refractivity contribution in [3.63, 3.8) is 0 Å². The van der Waals surface area contributed by atoms with Crippen LogP contribution in [0, 0.1) is 17.8 Å². The predicted molar refractivity (Wildman–Crippen MR) is 148 cm³/mol. The van der Waals surface area contributed by atoms with E-state index in [1.54, 1.807) is 29.2 Å². The number of aliphatic hydroxyl groups excluding tert-OH is 1. The van der Waals surface area contributed by atoms with E-state index in [0.717, 1.165) is 12.8 Å². The van der Waals surface area contributed by atoms with Crippen molar-refractivity contribution in [3.8, 4) is 5.75 Å². The zero-order valence-corrected chi connectivity index (χ0v) is 24.0. The number of fused-ring (bicyclic) bond motifs is 1. The number of amides is 3. The molecular formula is C30H45N3O6. The van der Waals surface area contributed by atoms with Gasteiger partial charge in [0.25, 0.3) is 0 Å². The molecule has 3 N–H and O–H groups in total. The van der Waals surface area contributed by atoms with E-state index in [9.17, 15) is 19.5 Å². The lowest BCUT2D eigenvalue weighted by Gasteiger charge is -2.38. The van der Waals surface area contributed by atoms with Crippen LogP contribution in [0.3, 0.4) is 0 Å². The van der Waals surface area contributed by atoms with E-state index in [1.807, 2.05) is 27.7 Å². The number of nitrogens with zero attached hydrogens (tertiary/aromatic N) is 1. The maximum atomic E-state index is 14.3. The Kier molecular flexibility index (Phi) is 8.91. The standard InChI is InChI=1S/C30H45N3O6/c1-6-9-16-31-27(36)25-30-15-14-29(7-2,39-30)23(24(30)28(37)33(25)21(18-34)17-19(4)5)26(35)32-20-10-12-22(13-11-20)38-8-3/h10-13,19,21,23-25,34H,6-9,14-18H2,1-5H3,(H,31,36)(H,32,35)/t21-,23+,24+,25?,29-,30?/m1/s1. The second-order valence-electron chi connectivity index (χ2n) is 11.6. The molecule has 3 amide bonds. The Morgan fingerprint density at radius 2 is 1.87 bits per heavy atom. The number of carbonyl (C=O) groups excluding carboxylic acids is 3. The van der Waals surface area contributed by atoms with Gasteiger partial charge in [-0.2, -0.15) is 0 Å². The third-order valence-corrected chi connectivity index (χ3v) is 8.76. The molecule has 39 heavy (non-hydrogen) atoms. The van der Waals surface area contributed by atoms with Gasteiger partial charge >= 0.3 is 0 Å². The highest BCUT2D eigenvalue weighted by Crippen LogP contribution is 2.64. The van der Waals surface area contributed by atoms with E-state index in [-0.39, 0.29) is 30.2 Å². The largest absolute Gasteiger partial charge is 0.494 e. The van der Waals surface area contributed by atoms with Gasteiger partial charge in [0.15, 0.2) is 0 Å². The molecule has 3 aliphatic rings. The zero-order chi connectivity index (χ0) is 28.4. The molecule has 0 radical (unpaired) electrons. The van der Waals surface area contributed by atoms with E-state index in [0.29, 0.717) is 50.3 Å². The number of aliphatic hydroxyl groups is 1. The number of benzene rings is 1. The van der Waals surface area contributed by atoms with Crippen LogP contribution in [0.25, 0.3) is 0 Å².